The molecule has 0 radical (unpaired) electrons. The Balaban J connectivity index is 2.18. The number of rotatable bonds is 2. The molecule has 0 spiro atoms. The van der Waals surface area contributed by atoms with Crippen molar-refractivity contribution in [3.8, 4) is 11.5 Å². The van der Waals surface area contributed by atoms with E-state index in [9.17, 15) is 9.18 Å². The third-order valence-electron chi connectivity index (χ3n) is 3.18. The Kier molecular flexibility index (Phi) is 2.64. The fourth-order valence-electron chi connectivity index (χ4n) is 2.17. The molecule has 0 bridgehead atoms. The Morgan fingerprint density at radius 1 is 1.39 bits per heavy atom. The number of hydrogen-bond acceptors (Lipinski definition) is 4. The number of nitrogens with zero attached hydrogens (tertiary/aromatic N) is 1. The van der Waals surface area contributed by atoms with E-state index in [2.05, 4.69) is 20.9 Å². The molecule has 1 aromatic carbocycles. The van der Waals surface area contributed by atoms with Crippen molar-refractivity contribution < 1.29 is 18.7 Å². The Morgan fingerprint density at radius 2 is 2.11 bits per heavy atom. The first-order chi connectivity index (χ1) is 8.68. The normalized spacial score (nSPS) is 19.0. The highest BCUT2D eigenvalue weighted by atomic mass is 79.9. The van der Waals surface area contributed by atoms with Crippen LogP contribution < -0.4 is 9.47 Å². The third kappa shape index (κ3) is 1.64. The lowest BCUT2D eigenvalue weighted by Gasteiger charge is -2.22. The first-order valence-electron chi connectivity index (χ1n) is 5.55. The van der Waals surface area contributed by atoms with Crippen LogP contribution in [0.15, 0.2) is 15.5 Å². The van der Waals surface area contributed by atoms with Crippen LogP contribution in [0.25, 0.3) is 0 Å². The highest BCUT2D eigenvalue weighted by molar-refractivity contribution is 9.10. The van der Waals surface area contributed by atoms with Gasteiger partial charge < -0.3 is 9.47 Å². The number of aliphatic imine (C=N–C) groups is 1. The van der Waals surface area contributed by atoms with Crippen molar-refractivity contribution in [1.29, 1.82) is 0 Å². The maximum absolute atomic E-state index is 14.4. The van der Waals surface area contributed by atoms with Crippen LogP contribution in [0.3, 0.4) is 0 Å². The van der Waals surface area contributed by atoms with Crippen LogP contribution in [0.5, 0.6) is 11.5 Å². The molecular weight excluding hydrogens is 305 g/mol. The van der Waals surface area contributed by atoms with Crippen molar-refractivity contribution >= 4 is 22.0 Å². The van der Waals surface area contributed by atoms with Crippen LogP contribution in [0.1, 0.15) is 18.4 Å². The molecule has 4 nitrogen and oxygen atoms in total. The summed E-state index contributed by atoms with van der Waals surface area (Å²) in [4.78, 5) is 14.2. The maximum Gasteiger partial charge on any atom is 0.235 e. The Labute approximate surface area is 111 Å². The quantitative estimate of drug-likeness (QED) is 0.623. The van der Waals surface area contributed by atoms with Crippen LogP contribution >= 0.6 is 15.9 Å². The van der Waals surface area contributed by atoms with E-state index in [1.807, 2.05) is 0 Å². The largest absolute Gasteiger partial charge is 0.486 e. The van der Waals surface area contributed by atoms with Crippen molar-refractivity contribution in [3.63, 3.8) is 0 Å². The zero-order valence-corrected chi connectivity index (χ0v) is 10.9. The molecule has 0 atom stereocenters. The van der Waals surface area contributed by atoms with Crippen LogP contribution in [-0.4, -0.2) is 19.3 Å². The molecule has 3 rings (SSSR count). The van der Waals surface area contributed by atoms with E-state index >= 15 is 0 Å². The van der Waals surface area contributed by atoms with Gasteiger partial charge >= 0.3 is 0 Å². The average Bonchev–Trinajstić information content (AvgIpc) is 3.10. The van der Waals surface area contributed by atoms with Gasteiger partial charge in [0.25, 0.3) is 0 Å². The van der Waals surface area contributed by atoms with Gasteiger partial charge in [0, 0.05) is 10.0 Å². The zero-order chi connectivity index (χ0) is 12.8. The van der Waals surface area contributed by atoms with Gasteiger partial charge in [0.05, 0.1) is 0 Å². The summed E-state index contributed by atoms with van der Waals surface area (Å²) < 4.78 is 25.6. The van der Waals surface area contributed by atoms with E-state index in [0.29, 0.717) is 41.8 Å². The summed E-state index contributed by atoms with van der Waals surface area (Å²) >= 11 is 3.31. The van der Waals surface area contributed by atoms with Crippen LogP contribution in [0.2, 0.25) is 0 Å². The zero-order valence-electron chi connectivity index (χ0n) is 9.33. The summed E-state index contributed by atoms with van der Waals surface area (Å²) in [5, 5.41) is 0. The van der Waals surface area contributed by atoms with Crippen molar-refractivity contribution in [2.75, 3.05) is 13.2 Å². The molecule has 18 heavy (non-hydrogen) atoms. The van der Waals surface area contributed by atoms with Crippen molar-refractivity contribution in [2.24, 2.45) is 4.99 Å². The number of fused-ring (bicyclic) bond motifs is 1. The highest BCUT2D eigenvalue weighted by Crippen LogP contribution is 2.55. The van der Waals surface area contributed by atoms with Gasteiger partial charge in [0.15, 0.2) is 17.3 Å². The van der Waals surface area contributed by atoms with Crippen LogP contribution in [-0.2, 0) is 10.3 Å². The maximum atomic E-state index is 14.4. The second kappa shape index (κ2) is 4.07. The van der Waals surface area contributed by atoms with E-state index in [1.54, 1.807) is 6.07 Å². The average molecular weight is 314 g/mol. The molecule has 1 saturated carbocycles. The fraction of sp³-hybridized carbons (Fsp3) is 0.417. The molecule has 1 aliphatic carbocycles. The summed E-state index contributed by atoms with van der Waals surface area (Å²) in [6.45, 7) is 0.713. The van der Waals surface area contributed by atoms with E-state index in [4.69, 9.17) is 9.47 Å². The molecule has 1 aliphatic heterocycles. The van der Waals surface area contributed by atoms with Crippen molar-refractivity contribution in [3.05, 3.63) is 21.9 Å². The van der Waals surface area contributed by atoms with Gasteiger partial charge in [0.1, 0.15) is 18.8 Å². The van der Waals surface area contributed by atoms with Gasteiger partial charge in [-0.1, -0.05) is 15.9 Å². The number of ether oxygens (including phenoxy) is 2. The summed E-state index contributed by atoms with van der Waals surface area (Å²) in [6.07, 6.45) is 2.79. The SMILES string of the molecule is O=C=NC1(c2c(Br)cc3c(c2F)OCCO3)CC1. The second-order valence-corrected chi connectivity index (χ2v) is 5.16. The van der Waals surface area contributed by atoms with Gasteiger partial charge in [-0.15, -0.1) is 0 Å². The Morgan fingerprint density at radius 3 is 2.78 bits per heavy atom. The van der Waals surface area contributed by atoms with Gasteiger partial charge in [-0.05, 0) is 18.9 Å². The van der Waals surface area contributed by atoms with E-state index in [-0.39, 0.29) is 5.75 Å². The van der Waals surface area contributed by atoms with Crippen molar-refractivity contribution in [2.45, 2.75) is 18.4 Å². The fourth-order valence-corrected chi connectivity index (χ4v) is 2.92. The third-order valence-corrected chi connectivity index (χ3v) is 3.80. The molecule has 6 heteroatoms. The lowest BCUT2D eigenvalue weighted by Crippen LogP contribution is -2.18. The van der Waals surface area contributed by atoms with Crippen LogP contribution in [0, 0.1) is 5.82 Å². The van der Waals surface area contributed by atoms with Gasteiger partial charge in [-0.3, -0.25) is 0 Å². The number of benzene rings is 1. The van der Waals surface area contributed by atoms with E-state index in [0.717, 1.165) is 0 Å². The molecule has 1 fully saturated rings. The predicted molar refractivity (Wildman–Crippen MR) is 64.1 cm³/mol. The van der Waals surface area contributed by atoms with Gasteiger partial charge in [0.2, 0.25) is 6.08 Å². The summed E-state index contributed by atoms with van der Waals surface area (Å²) in [5.41, 5.74) is -0.421. The summed E-state index contributed by atoms with van der Waals surface area (Å²) in [5.74, 6) is -0.0253. The molecule has 1 aromatic rings. The summed E-state index contributed by atoms with van der Waals surface area (Å²) in [7, 11) is 0. The molecule has 2 aliphatic rings. The Hall–Kier alpha value is -1.39. The van der Waals surface area contributed by atoms with Gasteiger partial charge in [-0.25, -0.2) is 9.18 Å². The number of hydrogen-bond donors (Lipinski definition) is 0. The first kappa shape index (κ1) is 11.7. The number of isocyanates is 1. The molecular formula is C12H9BrFNO3. The lowest BCUT2D eigenvalue weighted by molar-refractivity contribution is 0.163. The molecule has 0 N–H and O–H groups in total. The predicted octanol–water partition coefficient (Wildman–Crippen LogP) is 2.68. The van der Waals surface area contributed by atoms with Crippen molar-refractivity contribution in [1.82, 2.24) is 0 Å². The van der Waals surface area contributed by atoms with Crippen LogP contribution in [0.4, 0.5) is 4.39 Å². The molecule has 0 unspecified atom stereocenters. The second-order valence-electron chi connectivity index (χ2n) is 4.31. The minimum absolute atomic E-state index is 0.104. The lowest BCUT2D eigenvalue weighted by atomic mass is 10.0. The van der Waals surface area contributed by atoms with E-state index < -0.39 is 11.4 Å². The molecule has 1 heterocycles. The minimum Gasteiger partial charge on any atom is -0.486 e. The van der Waals surface area contributed by atoms with Gasteiger partial charge in [-0.2, -0.15) is 4.99 Å². The topological polar surface area (TPSA) is 47.9 Å². The number of halogens is 2. The standard InChI is InChI=1S/C12H9BrFNO3/c13-7-5-8-11(18-4-3-17-8)10(14)9(7)12(1-2-12)15-6-16/h5H,1-4H2. The molecule has 94 valence electrons. The minimum atomic E-state index is -0.777. The molecule has 0 saturated heterocycles. The molecule has 0 amide bonds. The smallest absolute Gasteiger partial charge is 0.235 e. The molecule has 0 aromatic heterocycles. The number of carbonyl (C=O) groups excluding carboxylic acids is 1. The van der Waals surface area contributed by atoms with E-state index in [1.165, 1.54) is 6.08 Å². The highest BCUT2D eigenvalue weighted by Gasteiger charge is 2.49. The Bertz CT molecular complexity index is 565. The first-order valence-corrected chi connectivity index (χ1v) is 6.34. The monoisotopic (exact) mass is 313 g/mol. The summed E-state index contributed by atoms with van der Waals surface area (Å²) in [6, 6.07) is 1.66.